The van der Waals surface area contributed by atoms with Crippen LogP contribution in [0.3, 0.4) is 0 Å². The number of imidazole rings is 1. The van der Waals surface area contributed by atoms with Gasteiger partial charge in [0, 0.05) is 27.9 Å². The zero-order valence-corrected chi connectivity index (χ0v) is 27.6. The van der Waals surface area contributed by atoms with E-state index in [0.29, 0.717) is 17.5 Å². The van der Waals surface area contributed by atoms with E-state index in [2.05, 4.69) is 120 Å². The van der Waals surface area contributed by atoms with Gasteiger partial charge in [-0.15, -0.1) is 0 Å². The summed E-state index contributed by atoms with van der Waals surface area (Å²) in [5, 5.41) is 0. The average Bonchev–Trinajstić information content (AvgIpc) is 3.62. The highest BCUT2D eigenvalue weighted by Gasteiger charge is 2.15. The third-order valence-corrected chi connectivity index (χ3v) is 9.11. The SMILES string of the molecule is c1ccc(-c2nc(-c3ccccc3)nc(-c3ccc(-c4ccc(-c5ccc(-n6c(-c7ccccc7)nc7ccccc76)cc5)cc4)cc3)n2)cc1. The number of rotatable bonds is 7. The van der Waals surface area contributed by atoms with E-state index in [4.69, 9.17) is 19.9 Å². The summed E-state index contributed by atoms with van der Waals surface area (Å²) >= 11 is 0. The van der Waals surface area contributed by atoms with E-state index in [1.807, 2.05) is 72.8 Å². The molecule has 0 amide bonds. The van der Waals surface area contributed by atoms with E-state index in [1.54, 1.807) is 0 Å². The van der Waals surface area contributed by atoms with Gasteiger partial charge in [-0.05, 0) is 46.5 Å². The molecule has 5 nitrogen and oxygen atoms in total. The third kappa shape index (κ3) is 5.98. The van der Waals surface area contributed by atoms with Crippen LogP contribution in [0, 0.1) is 0 Å². The van der Waals surface area contributed by atoms with Gasteiger partial charge in [-0.2, -0.15) is 0 Å². The maximum Gasteiger partial charge on any atom is 0.164 e. The monoisotopic (exact) mass is 653 g/mol. The average molecular weight is 654 g/mol. The molecule has 0 aliphatic rings. The number of nitrogens with zero attached hydrogens (tertiary/aromatic N) is 5. The van der Waals surface area contributed by atoms with Crippen LogP contribution in [-0.2, 0) is 0 Å². The molecule has 0 fully saturated rings. The van der Waals surface area contributed by atoms with Crippen molar-refractivity contribution in [3.8, 4) is 73.5 Å². The van der Waals surface area contributed by atoms with Crippen molar-refractivity contribution in [1.29, 1.82) is 0 Å². The van der Waals surface area contributed by atoms with Crippen LogP contribution in [-0.4, -0.2) is 24.5 Å². The van der Waals surface area contributed by atoms with Crippen molar-refractivity contribution < 1.29 is 0 Å². The molecular formula is C46H31N5. The molecule has 0 spiro atoms. The molecule has 2 aromatic heterocycles. The predicted molar refractivity (Wildman–Crippen MR) is 207 cm³/mol. The highest BCUT2D eigenvalue weighted by Crippen LogP contribution is 2.32. The molecule has 7 aromatic carbocycles. The zero-order chi connectivity index (χ0) is 34.0. The lowest BCUT2D eigenvalue weighted by Crippen LogP contribution is -2.00. The first-order valence-electron chi connectivity index (χ1n) is 17.0. The molecule has 9 rings (SSSR count). The molecule has 0 unspecified atom stereocenters. The maximum atomic E-state index is 4.99. The quantitative estimate of drug-likeness (QED) is 0.172. The van der Waals surface area contributed by atoms with Crippen molar-refractivity contribution in [2.45, 2.75) is 0 Å². The summed E-state index contributed by atoms with van der Waals surface area (Å²) in [5.41, 5.74) is 11.7. The standard InChI is InChI=1S/C46H31N5/c1-4-12-36(13-5-1)43-48-44(37-14-6-2-7-15-37)50-45(49-43)38-26-24-34(25-27-38)32-20-22-33(23-21-32)35-28-30-40(31-29-35)51-42-19-11-10-18-41(42)47-46(51)39-16-8-3-9-17-39/h1-31H. The molecule has 0 aliphatic heterocycles. The summed E-state index contributed by atoms with van der Waals surface area (Å²) in [7, 11) is 0. The Kier molecular flexibility index (Phi) is 7.76. The fraction of sp³-hybridized carbons (Fsp3) is 0. The normalized spacial score (nSPS) is 11.1. The molecule has 0 aliphatic carbocycles. The highest BCUT2D eigenvalue weighted by molar-refractivity contribution is 5.83. The van der Waals surface area contributed by atoms with Gasteiger partial charge in [0.2, 0.25) is 0 Å². The van der Waals surface area contributed by atoms with Gasteiger partial charge >= 0.3 is 0 Å². The van der Waals surface area contributed by atoms with Crippen LogP contribution in [0.25, 0.3) is 84.5 Å². The minimum Gasteiger partial charge on any atom is -0.292 e. The second-order valence-electron chi connectivity index (χ2n) is 12.4. The molecule has 240 valence electrons. The van der Waals surface area contributed by atoms with Crippen LogP contribution in [0.2, 0.25) is 0 Å². The number of aromatic nitrogens is 5. The molecule has 0 atom stereocenters. The van der Waals surface area contributed by atoms with Crippen molar-refractivity contribution in [1.82, 2.24) is 24.5 Å². The summed E-state index contributed by atoms with van der Waals surface area (Å²) in [6.07, 6.45) is 0. The number of benzene rings is 7. The lowest BCUT2D eigenvalue weighted by Gasteiger charge is -2.11. The Morgan fingerprint density at radius 2 is 0.627 bits per heavy atom. The van der Waals surface area contributed by atoms with Crippen molar-refractivity contribution in [2.75, 3.05) is 0 Å². The highest BCUT2D eigenvalue weighted by atomic mass is 15.1. The van der Waals surface area contributed by atoms with Crippen LogP contribution >= 0.6 is 0 Å². The maximum absolute atomic E-state index is 4.99. The Balaban J connectivity index is 0.985. The molecular weight excluding hydrogens is 623 g/mol. The van der Waals surface area contributed by atoms with Crippen LogP contribution in [0.1, 0.15) is 0 Å². The first-order valence-corrected chi connectivity index (χ1v) is 17.0. The van der Waals surface area contributed by atoms with Crippen LogP contribution in [0.5, 0.6) is 0 Å². The second kappa shape index (κ2) is 13.1. The fourth-order valence-corrected chi connectivity index (χ4v) is 6.48. The largest absolute Gasteiger partial charge is 0.292 e. The summed E-state index contributed by atoms with van der Waals surface area (Å²) in [4.78, 5) is 19.6. The number of para-hydroxylation sites is 2. The van der Waals surface area contributed by atoms with Gasteiger partial charge < -0.3 is 0 Å². The van der Waals surface area contributed by atoms with Gasteiger partial charge in [0.15, 0.2) is 17.5 Å². The van der Waals surface area contributed by atoms with Gasteiger partial charge in [0.25, 0.3) is 0 Å². The molecule has 51 heavy (non-hydrogen) atoms. The second-order valence-corrected chi connectivity index (χ2v) is 12.4. The minimum atomic E-state index is 0.646. The third-order valence-electron chi connectivity index (χ3n) is 9.11. The number of hydrogen-bond donors (Lipinski definition) is 0. The molecule has 0 N–H and O–H groups in total. The summed E-state index contributed by atoms with van der Waals surface area (Å²) in [5.74, 6) is 2.89. The van der Waals surface area contributed by atoms with Crippen molar-refractivity contribution in [3.05, 3.63) is 188 Å². The van der Waals surface area contributed by atoms with Crippen molar-refractivity contribution in [3.63, 3.8) is 0 Å². The number of hydrogen-bond acceptors (Lipinski definition) is 4. The Labute approximate surface area is 296 Å². The van der Waals surface area contributed by atoms with Crippen molar-refractivity contribution in [2.24, 2.45) is 0 Å². The molecule has 2 heterocycles. The predicted octanol–water partition coefficient (Wildman–Crippen LogP) is 11.2. The first kappa shape index (κ1) is 30.1. The Morgan fingerprint density at radius 1 is 0.275 bits per heavy atom. The Bertz CT molecular complexity index is 2520. The number of fused-ring (bicyclic) bond motifs is 1. The van der Waals surface area contributed by atoms with Gasteiger partial charge in [0.1, 0.15) is 5.82 Å². The molecule has 5 heteroatoms. The van der Waals surface area contributed by atoms with Gasteiger partial charge in [-0.25, -0.2) is 19.9 Å². The van der Waals surface area contributed by atoms with Gasteiger partial charge in [0.05, 0.1) is 11.0 Å². The van der Waals surface area contributed by atoms with Crippen LogP contribution in [0.15, 0.2) is 188 Å². The first-order chi connectivity index (χ1) is 25.3. The molecule has 9 aromatic rings. The fourth-order valence-electron chi connectivity index (χ4n) is 6.48. The lowest BCUT2D eigenvalue weighted by molar-refractivity contribution is 1.07. The smallest absolute Gasteiger partial charge is 0.164 e. The van der Waals surface area contributed by atoms with Crippen LogP contribution < -0.4 is 0 Å². The lowest BCUT2D eigenvalue weighted by atomic mass is 9.99. The van der Waals surface area contributed by atoms with Crippen molar-refractivity contribution >= 4 is 11.0 Å². The van der Waals surface area contributed by atoms with Crippen LogP contribution in [0.4, 0.5) is 0 Å². The Hall–Kier alpha value is -6.98. The van der Waals surface area contributed by atoms with E-state index in [9.17, 15) is 0 Å². The van der Waals surface area contributed by atoms with E-state index < -0.39 is 0 Å². The minimum absolute atomic E-state index is 0.646. The topological polar surface area (TPSA) is 56.5 Å². The van der Waals surface area contributed by atoms with E-state index >= 15 is 0 Å². The van der Waals surface area contributed by atoms with Gasteiger partial charge in [-0.3, -0.25) is 4.57 Å². The zero-order valence-electron chi connectivity index (χ0n) is 27.6. The van der Waals surface area contributed by atoms with E-state index in [1.165, 1.54) is 0 Å². The summed E-state index contributed by atoms with van der Waals surface area (Å²) in [6.45, 7) is 0. The van der Waals surface area contributed by atoms with E-state index in [0.717, 1.165) is 67.1 Å². The summed E-state index contributed by atoms with van der Waals surface area (Å²) in [6, 6.07) is 64.6. The summed E-state index contributed by atoms with van der Waals surface area (Å²) < 4.78 is 2.24. The molecule has 0 saturated heterocycles. The molecule has 0 bridgehead atoms. The van der Waals surface area contributed by atoms with Gasteiger partial charge in [-0.1, -0.05) is 164 Å². The molecule has 0 saturated carbocycles. The van der Waals surface area contributed by atoms with E-state index in [-0.39, 0.29) is 0 Å². The molecule has 0 radical (unpaired) electrons. The Morgan fingerprint density at radius 3 is 1.10 bits per heavy atom.